The third kappa shape index (κ3) is 5.70. The summed E-state index contributed by atoms with van der Waals surface area (Å²) >= 11 is -2.36. The van der Waals surface area contributed by atoms with Crippen LogP contribution in [0.4, 0.5) is 32.0 Å². The van der Waals surface area contributed by atoms with E-state index in [4.69, 9.17) is 5.11 Å². The lowest BCUT2D eigenvalue weighted by atomic mass is 9.87. The predicted molar refractivity (Wildman–Crippen MR) is 122 cm³/mol. The molecule has 3 N–H and O–H groups in total. The Morgan fingerprint density at radius 3 is 2.18 bits per heavy atom. The van der Waals surface area contributed by atoms with E-state index in [0.29, 0.717) is 28.8 Å². The van der Waals surface area contributed by atoms with E-state index in [1.54, 1.807) is 0 Å². The Morgan fingerprint density at radius 1 is 1.08 bits per heavy atom. The number of anilines is 1. The van der Waals surface area contributed by atoms with Gasteiger partial charge in [-0.05, 0) is 34.4 Å². The van der Waals surface area contributed by atoms with Gasteiger partial charge in [-0.1, -0.05) is 41.4 Å². The lowest BCUT2D eigenvalue weighted by Gasteiger charge is -2.38. The molecule has 2 aromatic rings. The van der Waals surface area contributed by atoms with Crippen molar-refractivity contribution < 1.29 is 49.8 Å². The van der Waals surface area contributed by atoms with E-state index >= 15 is 0 Å². The first kappa shape index (κ1) is 29.5. The number of hydrogen-bond acceptors (Lipinski definition) is 6. The number of nitrogens with one attached hydrogen (secondary N) is 2. The minimum absolute atomic E-state index is 0.00274. The van der Waals surface area contributed by atoms with E-state index in [1.165, 1.54) is 35.3 Å². The second-order valence-electron chi connectivity index (χ2n) is 8.49. The molecular formula is C23H22F6N3O5S-. The van der Waals surface area contributed by atoms with Gasteiger partial charge in [0, 0.05) is 31.5 Å². The van der Waals surface area contributed by atoms with Crippen molar-refractivity contribution in [2.45, 2.75) is 43.2 Å². The molecule has 1 heterocycles. The molecule has 0 fully saturated rings. The summed E-state index contributed by atoms with van der Waals surface area (Å²) < 4.78 is 104. The number of benzene rings is 2. The van der Waals surface area contributed by atoms with Gasteiger partial charge in [-0.3, -0.25) is 19.1 Å². The van der Waals surface area contributed by atoms with Crippen LogP contribution in [0.2, 0.25) is 0 Å². The number of amides is 2. The average Bonchev–Trinajstić information content (AvgIpc) is 3.17. The zero-order chi connectivity index (χ0) is 28.5. The maximum Gasteiger partial charge on any atom is 0.419 e. The molecule has 0 radical (unpaired) electrons. The van der Waals surface area contributed by atoms with Crippen LogP contribution in [-0.4, -0.2) is 56.1 Å². The zero-order valence-corrected chi connectivity index (χ0v) is 20.5. The number of alkyl halides is 6. The molecule has 2 amide bonds. The summed E-state index contributed by atoms with van der Waals surface area (Å²) in [7, 11) is 0. The SMILES string of the molecule is CC(=O)N1Cc2cc(CS(=O)[O-])ccc2C1C(=O)Nc1ccc(C(NCCO)(C(F)(F)F)C(F)(F)F)cc1. The highest BCUT2D eigenvalue weighted by Gasteiger charge is 2.71. The van der Waals surface area contributed by atoms with Crippen molar-refractivity contribution >= 4 is 28.6 Å². The highest BCUT2D eigenvalue weighted by atomic mass is 32.2. The number of carbonyl (C=O) groups is 2. The van der Waals surface area contributed by atoms with E-state index < -0.39 is 65.5 Å². The quantitative estimate of drug-likeness (QED) is 0.334. The van der Waals surface area contributed by atoms with Crippen LogP contribution in [0.1, 0.15) is 35.2 Å². The molecule has 8 nitrogen and oxygen atoms in total. The van der Waals surface area contributed by atoms with Crippen LogP contribution >= 0.6 is 0 Å². The van der Waals surface area contributed by atoms with Crippen molar-refractivity contribution in [2.24, 2.45) is 0 Å². The van der Waals surface area contributed by atoms with Crippen LogP contribution < -0.4 is 10.6 Å². The van der Waals surface area contributed by atoms with E-state index in [-0.39, 0.29) is 18.0 Å². The van der Waals surface area contributed by atoms with E-state index in [1.807, 2.05) is 0 Å². The Labute approximate surface area is 215 Å². The lowest BCUT2D eigenvalue weighted by molar-refractivity contribution is -0.314. The van der Waals surface area contributed by atoms with Crippen molar-refractivity contribution in [1.29, 1.82) is 0 Å². The van der Waals surface area contributed by atoms with E-state index in [9.17, 15) is 44.7 Å². The Bertz CT molecular complexity index is 1210. The Morgan fingerprint density at radius 2 is 1.68 bits per heavy atom. The van der Waals surface area contributed by atoms with Crippen molar-refractivity contribution in [3.05, 3.63) is 64.7 Å². The smallest absolute Gasteiger partial charge is 0.419 e. The van der Waals surface area contributed by atoms with Gasteiger partial charge in [0.1, 0.15) is 6.04 Å². The number of nitrogens with zero attached hydrogens (tertiary/aromatic N) is 1. The van der Waals surface area contributed by atoms with Gasteiger partial charge < -0.3 is 19.9 Å². The lowest BCUT2D eigenvalue weighted by Crippen LogP contribution is -2.63. The molecule has 1 aliphatic heterocycles. The molecule has 0 bridgehead atoms. The normalized spacial score (nSPS) is 16.8. The maximum absolute atomic E-state index is 13.7. The van der Waals surface area contributed by atoms with Crippen LogP contribution in [-0.2, 0) is 38.5 Å². The maximum atomic E-state index is 13.7. The highest BCUT2D eigenvalue weighted by molar-refractivity contribution is 7.78. The Hall–Kier alpha value is -3.01. The van der Waals surface area contributed by atoms with Gasteiger partial charge in [-0.15, -0.1) is 0 Å². The van der Waals surface area contributed by atoms with Gasteiger partial charge in [0.05, 0.1) is 6.61 Å². The number of carbonyl (C=O) groups excluding carboxylic acids is 2. The zero-order valence-electron chi connectivity index (χ0n) is 19.7. The summed E-state index contributed by atoms with van der Waals surface area (Å²) in [4.78, 5) is 26.5. The van der Waals surface area contributed by atoms with E-state index in [0.717, 1.165) is 12.1 Å². The monoisotopic (exact) mass is 566 g/mol. The van der Waals surface area contributed by atoms with Crippen LogP contribution in [0.15, 0.2) is 42.5 Å². The molecule has 3 rings (SSSR count). The first-order valence-electron chi connectivity index (χ1n) is 11.0. The van der Waals surface area contributed by atoms with Gasteiger partial charge in [0.2, 0.25) is 11.4 Å². The molecule has 0 aliphatic carbocycles. The summed E-state index contributed by atoms with van der Waals surface area (Å²) in [5.74, 6) is -1.54. The first-order valence-corrected chi connectivity index (χ1v) is 12.2. The minimum Gasteiger partial charge on any atom is -0.772 e. The van der Waals surface area contributed by atoms with Crippen molar-refractivity contribution in [2.75, 3.05) is 18.5 Å². The molecule has 208 valence electrons. The molecule has 2 unspecified atom stereocenters. The topological polar surface area (TPSA) is 122 Å². The van der Waals surface area contributed by atoms with Crippen LogP contribution in [0.5, 0.6) is 0 Å². The second kappa shape index (κ2) is 11.0. The van der Waals surface area contributed by atoms with Gasteiger partial charge in [-0.25, -0.2) is 0 Å². The van der Waals surface area contributed by atoms with Crippen LogP contribution in [0.25, 0.3) is 0 Å². The summed E-state index contributed by atoms with van der Waals surface area (Å²) in [5, 5.41) is 12.6. The van der Waals surface area contributed by atoms with Crippen LogP contribution in [0.3, 0.4) is 0 Å². The molecule has 0 saturated heterocycles. The first-order chi connectivity index (χ1) is 17.6. The molecule has 0 saturated carbocycles. The third-order valence-electron chi connectivity index (χ3n) is 6.03. The minimum atomic E-state index is -5.82. The summed E-state index contributed by atoms with van der Waals surface area (Å²) in [6.45, 7) is -0.765. The molecule has 2 atom stereocenters. The van der Waals surface area contributed by atoms with Gasteiger partial charge in [0.25, 0.3) is 5.91 Å². The molecule has 2 aromatic carbocycles. The second-order valence-corrected chi connectivity index (χ2v) is 9.39. The molecule has 0 spiro atoms. The number of fused-ring (bicyclic) bond motifs is 1. The third-order valence-corrected chi connectivity index (χ3v) is 6.60. The fourth-order valence-electron chi connectivity index (χ4n) is 4.36. The largest absolute Gasteiger partial charge is 0.772 e. The van der Waals surface area contributed by atoms with Crippen molar-refractivity contribution in [1.82, 2.24) is 10.2 Å². The molecule has 15 heteroatoms. The van der Waals surface area contributed by atoms with Crippen LogP contribution in [0, 0.1) is 0 Å². The van der Waals surface area contributed by atoms with Gasteiger partial charge >= 0.3 is 12.4 Å². The highest BCUT2D eigenvalue weighted by Crippen LogP contribution is 2.50. The summed E-state index contributed by atoms with van der Waals surface area (Å²) in [5.41, 5.74) is -4.44. The van der Waals surface area contributed by atoms with E-state index in [2.05, 4.69) is 5.32 Å². The predicted octanol–water partition coefficient (Wildman–Crippen LogP) is 3.01. The number of hydrogen-bond donors (Lipinski definition) is 3. The number of halogens is 6. The molecule has 0 aromatic heterocycles. The van der Waals surface area contributed by atoms with Crippen molar-refractivity contribution in [3.8, 4) is 0 Å². The Balaban J connectivity index is 1.91. The average molecular weight is 567 g/mol. The fourth-order valence-corrected chi connectivity index (χ4v) is 4.81. The van der Waals surface area contributed by atoms with Gasteiger partial charge in [0.15, 0.2) is 0 Å². The van der Waals surface area contributed by atoms with Gasteiger partial charge in [-0.2, -0.15) is 26.3 Å². The molecule has 38 heavy (non-hydrogen) atoms. The number of aliphatic hydroxyl groups excluding tert-OH is 1. The fraction of sp³-hybridized carbons (Fsp3) is 0.391. The number of rotatable bonds is 8. The summed E-state index contributed by atoms with van der Waals surface area (Å²) in [6, 6.07) is 6.17. The molecular weight excluding hydrogens is 544 g/mol. The molecule has 1 aliphatic rings. The summed E-state index contributed by atoms with van der Waals surface area (Å²) in [6.07, 6.45) is -11.6. The van der Waals surface area contributed by atoms with Crippen molar-refractivity contribution in [3.63, 3.8) is 0 Å². The number of aliphatic hydroxyl groups is 1. The standard InChI is InChI=1S/C23H23F6N3O5S/c1-13(34)32-11-15-10-14(12-38(36)37)2-7-18(15)19(32)20(35)31-17-5-3-16(4-6-17)21(22(24,25)26,23(27,28)29)30-8-9-33/h2-7,10,19,30,33H,8-9,11-12H2,1H3,(H,31,35)(H,36,37)/p-1. The Kier molecular flexibility index (Phi) is 8.55.